The standard InChI is InChI=1S/C22H24BrNO6/c1-4-28-20(15-6-5-7-18-21(15)30-9-8-29-18)17(25)13-24-12-14-10-16(23)22(27-3)19(11-14)26-2/h5-7,10-12,20H,4,8-9,13H2,1-3H3. The van der Waals surface area contributed by atoms with E-state index in [0.717, 1.165) is 10.0 Å². The van der Waals surface area contributed by atoms with Crippen LogP contribution >= 0.6 is 15.9 Å². The van der Waals surface area contributed by atoms with Crippen molar-refractivity contribution >= 4 is 27.9 Å². The van der Waals surface area contributed by atoms with Crippen molar-refractivity contribution in [1.29, 1.82) is 0 Å². The quantitative estimate of drug-likeness (QED) is 0.508. The van der Waals surface area contributed by atoms with Crippen molar-refractivity contribution in [3.63, 3.8) is 0 Å². The second kappa shape index (κ2) is 10.4. The molecule has 0 fully saturated rings. The van der Waals surface area contributed by atoms with Gasteiger partial charge in [-0.2, -0.15) is 0 Å². The van der Waals surface area contributed by atoms with E-state index in [4.69, 9.17) is 23.7 Å². The Morgan fingerprint density at radius 2 is 2.03 bits per heavy atom. The number of carbonyl (C=O) groups excluding carboxylic acids is 1. The molecule has 160 valence electrons. The van der Waals surface area contributed by atoms with E-state index >= 15 is 0 Å². The van der Waals surface area contributed by atoms with Gasteiger partial charge in [-0.05, 0) is 46.6 Å². The average molecular weight is 478 g/mol. The van der Waals surface area contributed by atoms with E-state index in [1.807, 2.05) is 31.2 Å². The number of methoxy groups -OCH3 is 2. The lowest BCUT2D eigenvalue weighted by Gasteiger charge is -2.24. The summed E-state index contributed by atoms with van der Waals surface area (Å²) in [5, 5.41) is 0. The Labute approximate surface area is 184 Å². The SMILES string of the molecule is CCOC(C(=O)CN=Cc1cc(Br)c(OC)c(OC)c1)c1cccc2c1OCCO2. The van der Waals surface area contributed by atoms with Gasteiger partial charge < -0.3 is 23.7 Å². The summed E-state index contributed by atoms with van der Waals surface area (Å²) < 4.78 is 28.5. The molecule has 0 amide bonds. The number of halogens is 1. The number of Topliss-reactive ketones (excluding diaryl/α,β-unsaturated/α-hetero) is 1. The smallest absolute Gasteiger partial charge is 0.187 e. The Morgan fingerprint density at radius 1 is 1.23 bits per heavy atom. The van der Waals surface area contributed by atoms with Crippen LogP contribution in [-0.2, 0) is 9.53 Å². The van der Waals surface area contributed by atoms with Gasteiger partial charge in [0.05, 0.1) is 18.7 Å². The number of benzene rings is 2. The molecule has 0 saturated carbocycles. The van der Waals surface area contributed by atoms with Crippen molar-refractivity contribution in [1.82, 2.24) is 0 Å². The Morgan fingerprint density at radius 3 is 2.77 bits per heavy atom. The summed E-state index contributed by atoms with van der Waals surface area (Å²) in [5.41, 5.74) is 1.43. The fourth-order valence-electron chi connectivity index (χ4n) is 3.16. The molecule has 3 rings (SSSR count). The van der Waals surface area contributed by atoms with Crippen LogP contribution in [-0.4, -0.2) is 52.6 Å². The first-order valence-corrected chi connectivity index (χ1v) is 10.3. The van der Waals surface area contributed by atoms with Crippen molar-refractivity contribution in [3.05, 3.63) is 45.9 Å². The summed E-state index contributed by atoms with van der Waals surface area (Å²) in [6, 6.07) is 9.09. The molecule has 2 aromatic carbocycles. The molecule has 1 heterocycles. The first-order valence-electron chi connectivity index (χ1n) is 9.53. The highest BCUT2D eigenvalue weighted by molar-refractivity contribution is 9.10. The molecule has 0 spiro atoms. The lowest BCUT2D eigenvalue weighted by Crippen LogP contribution is -2.22. The number of nitrogens with zero attached hydrogens (tertiary/aromatic N) is 1. The Kier molecular flexibility index (Phi) is 7.70. The van der Waals surface area contributed by atoms with E-state index in [2.05, 4.69) is 20.9 Å². The molecule has 2 aromatic rings. The molecule has 1 atom stereocenters. The molecule has 1 unspecified atom stereocenters. The summed E-state index contributed by atoms with van der Waals surface area (Å²) >= 11 is 3.45. The molecule has 1 aliphatic heterocycles. The molecule has 1 aliphatic rings. The number of hydrogen-bond acceptors (Lipinski definition) is 7. The highest BCUT2D eigenvalue weighted by Crippen LogP contribution is 2.39. The van der Waals surface area contributed by atoms with Gasteiger partial charge in [-0.3, -0.25) is 9.79 Å². The van der Waals surface area contributed by atoms with Gasteiger partial charge in [0.2, 0.25) is 0 Å². The third-order valence-corrected chi connectivity index (χ3v) is 5.04. The third kappa shape index (κ3) is 4.94. The summed E-state index contributed by atoms with van der Waals surface area (Å²) in [5.74, 6) is 2.17. The van der Waals surface area contributed by atoms with Crippen LogP contribution in [0.25, 0.3) is 0 Å². The lowest BCUT2D eigenvalue weighted by molar-refractivity contribution is -0.129. The molecule has 0 saturated heterocycles. The van der Waals surface area contributed by atoms with Crippen LogP contribution in [0, 0.1) is 0 Å². The van der Waals surface area contributed by atoms with Crippen LogP contribution in [0.1, 0.15) is 24.2 Å². The Hall–Kier alpha value is -2.58. The maximum Gasteiger partial charge on any atom is 0.187 e. The first-order chi connectivity index (χ1) is 14.6. The minimum Gasteiger partial charge on any atom is -0.493 e. The number of carbonyl (C=O) groups is 1. The average Bonchev–Trinajstić information content (AvgIpc) is 2.76. The van der Waals surface area contributed by atoms with Crippen molar-refractivity contribution < 1.29 is 28.5 Å². The maximum atomic E-state index is 12.9. The molecule has 0 aliphatic carbocycles. The fraction of sp³-hybridized carbons (Fsp3) is 0.364. The minimum absolute atomic E-state index is 0.0405. The zero-order valence-electron chi connectivity index (χ0n) is 17.1. The summed E-state index contributed by atoms with van der Waals surface area (Å²) in [4.78, 5) is 17.2. The van der Waals surface area contributed by atoms with Gasteiger partial charge in [0.25, 0.3) is 0 Å². The first kappa shape index (κ1) is 22.1. The van der Waals surface area contributed by atoms with Crippen LogP contribution in [0.3, 0.4) is 0 Å². The third-order valence-electron chi connectivity index (χ3n) is 4.45. The van der Waals surface area contributed by atoms with E-state index in [9.17, 15) is 4.79 Å². The predicted molar refractivity (Wildman–Crippen MR) is 117 cm³/mol. The highest BCUT2D eigenvalue weighted by atomic mass is 79.9. The Bertz CT molecular complexity index is 930. The number of aliphatic imine (C=N–C) groups is 1. The van der Waals surface area contributed by atoms with Gasteiger partial charge >= 0.3 is 0 Å². The van der Waals surface area contributed by atoms with Crippen LogP contribution in [0.5, 0.6) is 23.0 Å². The molecule has 0 aromatic heterocycles. The summed E-state index contributed by atoms with van der Waals surface area (Å²) in [6.45, 7) is 3.10. The molecule has 0 bridgehead atoms. The summed E-state index contributed by atoms with van der Waals surface area (Å²) in [7, 11) is 3.13. The summed E-state index contributed by atoms with van der Waals surface area (Å²) in [6.07, 6.45) is 0.842. The number of ketones is 1. The molecule has 0 N–H and O–H groups in total. The lowest BCUT2D eigenvalue weighted by atomic mass is 10.0. The van der Waals surface area contributed by atoms with Gasteiger partial charge in [0, 0.05) is 18.4 Å². The van der Waals surface area contributed by atoms with E-state index in [-0.39, 0.29) is 12.3 Å². The molecule has 0 radical (unpaired) electrons. The van der Waals surface area contributed by atoms with E-state index < -0.39 is 6.10 Å². The van der Waals surface area contributed by atoms with E-state index in [1.54, 1.807) is 26.5 Å². The molecule has 8 heteroatoms. The van der Waals surface area contributed by atoms with Gasteiger partial charge in [0.15, 0.2) is 28.8 Å². The van der Waals surface area contributed by atoms with Crippen molar-refractivity contribution in [2.75, 3.05) is 40.6 Å². The molecule has 7 nitrogen and oxygen atoms in total. The monoisotopic (exact) mass is 477 g/mol. The normalized spacial score (nSPS) is 13.9. The van der Waals surface area contributed by atoms with E-state index in [0.29, 0.717) is 48.4 Å². The van der Waals surface area contributed by atoms with Gasteiger partial charge in [-0.25, -0.2) is 0 Å². The fourth-order valence-corrected chi connectivity index (χ4v) is 3.78. The molecular formula is C22H24BrNO6. The molecule has 30 heavy (non-hydrogen) atoms. The van der Waals surface area contributed by atoms with Crippen molar-refractivity contribution in [2.45, 2.75) is 13.0 Å². The number of fused-ring (bicyclic) bond motifs is 1. The Balaban J connectivity index is 1.78. The second-order valence-electron chi connectivity index (χ2n) is 6.38. The topological polar surface area (TPSA) is 75.6 Å². The molecular weight excluding hydrogens is 454 g/mol. The van der Waals surface area contributed by atoms with Crippen LogP contribution in [0.15, 0.2) is 39.8 Å². The van der Waals surface area contributed by atoms with E-state index in [1.165, 1.54) is 0 Å². The second-order valence-corrected chi connectivity index (χ2v) is 7.24. The maximum absolute atomic E-state index is 12.9. The minimum atomic E-state index is -0.777. The van der Waals surface area contributed by atoms with Crippen molar-refractivity contribution in [2.24, 2.45) is 4.99 Å². The zero-order valence-corrected chi connectivity index (χ0v) is 18.7. The van der Waals surface area contributed by atoms with Crippen LogP contribution < -0.4 is 18.9 Å². The van der Waals surface area contributed by atoms with Gasteiger partial charge in [-0.15, -0.1) is 0 Å². The van der Waals surface area contributed by atoms with Crippen LogP contribution in [0.2, 0.25) is 0 Å². The number of para-hydroxylation sites is 1. The predicted octanol–water partition coefficient (Wildman–Crippen LogP) is 4.00. The van der Waals surface area contributed by atoms with Crippen molar-refractivity contribution in [3.8, 4) is 23.0 Å². The number of hydrogen-bond donors (Lipinski definition) is 0. The van der Waals surface area contributed by atoms with Gasteiger partial charge in [-0.1, -0.05) is 12.1 Å². The number of ether oxygens (including phenoxy) is 5. The van der Waals surface area contributed by atoms with Crippen LogP contribution in [0.4, 0.5) is 0 Å². The highest BCUT2D eigenvalue weighted by Gasteiger charge is 2.27. The van der Waals surface area contributed by atoms with Gasteiger partial charge in [0.1, 0.15) is 25.9 Å². The zero-order chi connectivity index (χ0) is 21.5. The number of rotatable bonds is 9. The largest absolute Gasteiger partial charge is 0.493 e.